The summed E-state index contributed by atoms with van der Waals surface area (Å²) in [6.45, 7) is 4.73. The predicted molar refractivity (Wildman–Crippen MR) is 72.5 cm³/mol. The highest BCUT2D eigenvalue weighted by atomic mass is 16.4. The van der Waals surface area contributed by atoms with Gasteiger partial charge in [0.15, 0.2) is 0 Å². The largest absolute Gasteiger partial charge is 0.480 e. The number of amides is 1. The van der Waals surface area contributed by atoms with Crippen LogP contribution in [-0.2, 0) is 15.1 Å². The number of benzene rings is 1. The van der Waals surface area contributed by atoms with E-state index in [9.17, 15) is 9.59 Å². The van der Waals surface area contributed by atoms with Crippen molar-refractivity contribution in [2.24, 2.45) is 5.73 Å². The zero-order valence-electron chi connectivity index (χ0n) is 11.4. The first-order chi connectivity index (χ1) is 8.74. The van der Waals surface area contributed by atoms with E-state index in [1.54, 1.807) is 38.1 Å². The topological polar surface area (TPSA) is 92.4 Å². The minimum absolute atomic E-state index is 0.277. The lowest BCUT2D eigenvalue weighted by atomic mass is 9.90. The Morgan fingerprint density at radius 2 is 1.79 bits per heavy atom. The van der Waals surface area contributed by atoms with Gasteiger partial charge in [-0.15, -0.1) is 0 Å². The zero-order chi connectivity index (χ0) is 14.7. The monoisotopic (exact) mass is 264 g/mol. The van der Waals surface area contributed by atoms with E-state index in [1.165, 1.54) is 6.92 Å². The molecule has 2 unspecified atom stereocenters. The standard InChI is InChI=1S/C14H20N2O3/c1-4-13(2,12(18)19)16-11(17)14(3,15)10-8-6-5-7-9-10/h5-9H,4,15H2,1-3H3,(H,16,17)(H,18,19). The molecule has 19 heavy (non-hydrogen) atoms. The molecule has 104 valence electrons. The normalized spacial score (nSPS) is 17.1. The molecule has 0 aliphatic rings. The van der Waals surface area contributed by atoms with E-state index in [0.717, 1.165) is 0 Å². The van der Waals surface area contributed by atoms with E-state index < -0.39 is 23.0 Å². The van der Waals surface area contributed by atoms with Crippen LogP contribution in [0.15, 0.2) is 30.3 Å². The average Bonchev–Trinajstić information content (AvgIpc) is 2.39. The van der Waals surface area contributed by atoms with Crippen molar-refractivity contribution in [2.75, 3.05) is 0 Å². The smallest absolute Gasteiger partial charge is 0.329 e. The molecule has 0 saturated heterocycles. The molecule has 0 spiro atoms. The first-order valence-corrected chi connectivity index (χ1v) is 6.14. The summed E-state index contributed by atoms with van der Waals surface area (Å²) in [6.07, 6.45) is 0.277. The Balaban J connectivity index is 2.98. The van der Waals surface area contributed by atoms with Gasteiger partial charge in [-0.25, -0.2) is 4.79 Å². The van der Waals surface area contributed by atoms with E-state index >= 15 is 0 Å². The Bertz CT molecular complexity index is 471. The molecule has 0 aliphatic carbocycles. The highest BCUT2D eigenvalue weighted by Crippen LogP contribution is 2.20. The van der Waals surface area contributed by atoms with Crippen LogP contribution in [0.1, 0.15) is 32.8 Å². The van der Waals surface area contributed by atoms with E-state index in [4.69, 9.17) is 10.8 Å². The van der Waals surface area contributed by atoms with Gasteiger partial charge in [0.05, 0.1) is 0 Å². The quantitative estimate of drug-likeness (QED) is 0.745. The minimum atomic E-state index is -1.31. The number of carbonyl (C=O) groups is 2. The van der Waals surface area contributed by atoms with Gasteiger partial charge >= 0.3 is 5.97 Å². The first kappa shape index (κ1) is 15.2. The van der Waals surface area contributed by atoms with Gasteiger partial charge < -0.3 is 16.2 Å². The Hall–Kier alpha value is -1.88. The van der Waals surface area contributed by atoms with Crippen LogP contribution in [0.25, 0.3) is 0 Å². The highest BCUT2D eigenvalue weighted by Gasteiger charge is 2.39. The molecule has 0 aliphatic heterocycles. The molecule has 0 heterocycles. The van der Waals surface area contributed by atoms with Gasteiger partial charge in [-0.1, -0.05) is 37.3 Å². The number of carbonyl (C=O) groups excluding carboxylic acids is 1. The lowest BCUT2D eigenvalue weighted by Gasteiger charge is -2.31. The second-order valence-corrected chi connectivity index (χ2v) is 5.01. The summed E-state index contributed by atoms with van der Waals surface area (Å²) in [7, 11) is 0. The lowest BCUT2D eigenvalue weighted by Crippen LogP contribution is -2.59. The van der Waals surface area contributed by atoms with Gasteiger partial charge in [-0.3, -0.25) is 4.79 Å². The molecule has 0 aromatic heterocycles. The summed E-state index contributed by atoms with van der Waals surface area (Å²) < 4.78 is 0. The predicted octanol–water partition coefficient (Wildman–Crippen LogP) is 1.23. The summed E-state index contributed by atoms with van der Waals surface area (Å²) >= 11 is 0. The third-order valence-electron chi connectivity index (χ3n) is 3.41. The number of nitrogens with two attached hydrogens (primary N) is 1. The van der Waals surface area contributed by atoms with Crippen molar-refractivity contribution >= 4 is 11.9 Å². The third-order valence-corrected chi connectivity index (χ3v) is 3.41. The van der Waals surface area contributed by atoms with Gasteiger partial charge in [0, 0.05) is 0 Å². The average molecular weight is 264 g/mol. The van der Waals surface area contributed by atoms with Crippen molar-refractivity contribution in [3.05, 3.63) is 35.9 Å². The van der Waals surface area contributed by atoms with E-state index in [1.807, 2.05) is 6.07 Å². The minimum Gasteiger partial charge on any atom is -0.480 e. The van der Waals surface area contributed by atoms with Crippen molar-refractivity contribution in [2.45, 2.75) is 38.3 Å². The maximum absolute atomic E-state index is 12.2. The van der Waals surface area contributed by atoms with Crippen molar-refractivity contribution < 1.29 is 14.7 Å². The number of aliphatic carboxylic acids is 1. The molecule has 1 aromatic carbocycles. The fourth-order valence-corrected chi connectivity index (χ4v) is 1.59. The molecule has 5 heteroatoms. The van der Waals surface area contributed by atoms with E-state index in [2.05, 4.69) is 5.32 Å². The number of nitrogens with one attached hydrogen (secondary N) is 1. The maximum Gasteiger partial charge on any atom is 0.329 e. The van der Waals surface area contributed by atoms with Gasteiger partial charge in [0.1, 0.15) is 11.1 Å². The summed E-state index contributed by atoms with van der Waals surface area (Å²) in [6, 6.07) is 8.87. The van der Waals surface area contributed by atoms with E-state index in [-0.39, 0.29) is 6.42 Å². The molecular formula is C14H20N2O3. The van der Waals surface area contributed by atoms with Gasteiger partial charge in [-0.05, 0) is 25.8 Å². The molecule has 1 rings (SSSR count). The first-order valence-electron chi connectivity index (χ1n) is 6.14. The van der Waals surface area contributed by atoms with Crippen LogP contribution in [0.5, 0.6) is 0 Å². The van der Waals surface area contributed by atoms with Crippen molar-refractivity contribution in [1.29, 1.82) is 0 Å². The molecule has 1 amide bonds. The van der Waals surface area contributed by atoms with Crippen LogP contribution < -0.4 is 11.1 Å². The number of hydrogen-bond donors (Lipinski definition) is 3. The summed E-state index contributed by atoms with van der Waals surface area (Å²) in [5.74, 6) is -1.59. The molecule has 5 nitrogen and oxygen atoms in total. The number of rotatable bonds is 5. The molecule has 0 radical (unpaired) electrons. The van der Waals surface area contributed by atoms with Gasteiger partial charge in [-0.2, -0.15) is 0 Å². The number of hydrogen-bond acceptors (Lipinski definition) is 3. The van der Waals surface area contributed by atoms with Gasteiger partial charge in [0.2, 0.25) is 5.91 Å². The highest BCUT2D eigenvalue weighted by molar-refractivity contribution is 5.92. The number of carboxylic acids is 1. The Morgan fingerprint density at radius 3 is 2.21 bits per heavy atom. The van der Waals surface area contributed by atoms with Crippen LogP contribution in [0.2, 0.25) is 0 Å². The molecule has 4 N–H and O–H groups in total. The van der Waals surface area contributed by atoms with Crippen molar-refractivity contribution in [3.8, 4) is 0 Å². The second-order valence-electron chi connectivity index (χ2n) is 5.01. The van der Waals surface area contributed by atoms with E-state index in [0.29, 0.717) is 5.56 Å². The molecule has 0 fully saturated rings. The van der Waals surface area contributed by atoms with Crippen molar-refractivity contribution in [1.82, 2.24) is 5.32 Å². The zero-order valence-corrected chi connectivity index (χ0v) is 11.4. The maximum atomic E-state index is 12.2. The molecule has 0 bridgehead atoms. The molecule has 2 atom stereocenters. The Labute approximate surface area is 112 Å². The van der Waals surface area contributed by atoms with Crippen LogP contribution in [0.3, 0.4) is 0 Å². The molecule has 0 saturated carbocycles. The van der Waals surface area contributed by atoms with Crippen molar-refractivity contribution in [3.63, 3.8) is 0 Å². The molecule has 1 aromatic rings. The summed E-state index contributed by atoms with van der Waals surface area (Å²) in [4.78, 5) is 23.4. The van der Waals surface area contributed by atoms with Crippen LogP contribution in [0.4, 0.5) is 0 Å². The van der Waals surface area contributed by atoms with Crippen LogP contribution >= 0.6 is 0 Å². The number of carboxylic acid groups (broad SMARTS) is 1. The summed E-state index contributed by atoms with van der Waals surface area (Å²) in [5.41, 5.74) is 4.09. The summed E-state index contributed by atoms with van der Waals surface area (Å²) in [5, 5.41) is 11.7. The van der Waals surface area contributed by atoms with Crippen LogP contribution in [-0.4, -0.2) is 22.5 Å². The third kappa shape index (κ3) is 3.12. The lowest BCUT2D eigenvalue weighted by molar-refractivity contribution is -0.147. The molecular weight excluding hydrogens is 244 g/mol. The fraction of sp³-hybridized carbons (Fsp3) is 0.429. The fourth-order valence-electron chi connectivity index (χ4n) is 1.59. The Morgan fingerprint density at radius 1 is 1.26 bits per heavy atom. The Kier molecular flexibility index (Phi) is 4.32. The second kappa shape index (κ2) is 5.40. The SMILES string of the molecule is CCC(C)(NC(=O)C(C)(N)c1ccccc1)C(=O)O. The van der Waals surface area contributed by atoms with Crippen LogP contribution in [0, 0.1) is 0 Å². The van der Waals surface area contributed by atoms with Gasteiger partial charge in [0.25, 0.3) is 0 Å².